The number of alkyl halides is 2. The maximum absolute atomic E-state index is 6.81. The Bertz CT molecular complexity index is 428. The average molecular weight is 310 g/mol. The molecule has 0 aromatic carbocycles. The third-order valence-electron chi connectivity index (χ3n) is 5.24. The molecular formula is C13H12Cl4. The van der Waals surface area contributed by atoms with Gasteiger partial charge in [0.05, 0.1) is 19.8 Å². The van der Waals surface area contributed by atoms with Crippen LogP contribution in [0.5, 0.6) is 0 Å². The Morgan fingerprint density at radius 2 is 1.29 bits per heavy atom. The molecule has 0 spiro atoms. The molecule has 5 rings (SSSR count). The van der Waals surface area contributed by atoms with E-state index in [1.807, 2.05) is 0 Å². The van der Waals surface area contributed by atoms with E-state index >= 15 is 0 Å². The molecule has 5 aliphatic carbocycles. The summed E-state index contributed by atoms with van der Waals surface area (Å²) in [6.45, 7) is 0. The van der Waals surface area contributed by atoms with Crippen LogP contribution in [0.1, 0.15) is 19.3 Å². The lowest BCUT2D eigenvalue weighted by Crippen LogP contribution is -2.48. The highest BCUT2D eigenvalue weighted by atomic mass is 35.5. The second kappa shape index (κ2) is 3.20. The summed E-state index contributed by atoms with van der Waals surface area (Å²) in [4.78, 5) is -1.00. The minimum absolute atomic E-state index is 0.375. The first-order valence-corrected chi connectivity index (χ1v) is 7.62. The lowest BCUT2D eigenvalue weighted by atomic mass is 9.58. The highest BCUT2D eigenvalue weighted by Crippen LogP contribution is 2.73. The van der Waals surface area contributed by atoms with Crippen molar-refractivity contribution in [3.63, 3.8) is 0 Å². The summed E-state index contributed by atoms with van der Waals surface area (Å²) in [6.07, 6.45) is 7.76. The lowest BCUT2D eigenvalue weighted by Gasteiger charge is -2.50. The second-order valence-electron chi connectivity index (χ2n) is 5.87. The maximum atomic E-state index is 6.81. The quantitative estimate of drug-likeness (QED) is 0.442. The summed E-state index contributed by atoms with van der Waals surface area (Å²) >= 11 is 26.3. The first-order chi connectivity index (χ1) is 7.98. The molecule has 0 saturated heterocycles. The van der Waals surface area contributed by atoms with E-state index in [9.17, 15) is 0 Å². The van der Waals surface area contributed by atoms with Gasteiger partial charge in [0.15, 0.2) is 0 Å². The molecule has 0 aliphatic heterocycles. The van der Waals surface area contributed by atoms with E-state index in [0.29, 0.717) is 40.2 Å². The van der Waals surface area contributed by atoms with Gasteiger partial charge in [0.2, 0.25) is 0 Å². The first kappa shape index (κ1) is 11.5. The van der Waals surface area contributed by atoms with Gasteiger partial charge in [-0.25, -0.2) is 0 Å². The third kappa shape index (κ3) is 1.11. The normalized spacial score (nSPS) is 59.1. The van der Waals surface area contributed by atoms with Gasteiger partial charge in [0.25, 0.3) is 0 Å². The van der Waals surface area contributed by atoms with Crippen molar-refractivity contribution in [2.75, 3.05) is 0 Å². The van der Waals surface area contributed by atoms with Crippen molar-refractivity contribution in [3.8, 4) is 0 Å². The van der Waals surface area contributed by atoms with Gasteiger partial charge in [-0.15, -0.1) is 23.2 Å². The van der Waals surface area contributed by atoms with Crippen LogP contribution in [-0.2, 0) is 0 Å². The van der Waals surface area contributed by atoms with Crippen molar-refractivity contribution < 1.29 is 0 Å². The Labute approximate surface area is 121 Å². The highest BCUT2D eigenvalue weighted by Gasteiger charge is 2.72. The fourth-order valence-electron chi connectivity index (χ4n) is 4.66. The largest absolute Gasteiger partial charge is 0.113 e. The molecule has 17 heavy (non-hydrogen) atoms. The standard InChI is InChI=1S/C13H12Cl4/c14-10-11(15)13(17)5-12(10,16)8-6-1-2-7(4-3-6)9(8)13/h1-2,6-9H,3-5H2/t6-,7+,8-,9+,12-,13+. The monoisotopic (exact) mass is 308 g/mol. The smallest absolute Gasteiger partial charge is 0.0870 e. The van der Waals surface area contributed by atoms with Crippen molar-refractivity contribution in [2.24, 2.45) is 23.7 Å². The van der Waals surface area contributed by atoms with Crippen molar-refractivity contribution in [1.29, 1.82) is 0 Å². The molecular weight excluding hydrogens is 298 g/mol. The Hall–Kier alpha value is 0.640. The van der Waals surface area contributed by atoms with Gasteiger partial charge in [0, 0.05) is 0 Å². The topological polar surface area (TPSA) is 0 Å². The van der Waals surface area contributed by atoms with Gasteiger partial charge in [-0.1, -0.05) is 35.4 Å². The van der Waals surface area contributed by atoms with Crippen LogP contribution < -0.4 is 0 Å². The highest BCUT2D eigenvalue weighted by molar-refractivity contribution is 6.51. The number of hydrogen-bond donors (Lipinski definition) is 0. The number of rotatable bonds is 0. The zero-order valence-corrected chi connectivity index (χ0v) is 12.1. The van der Waals surface area contributed by atoms with Crippen LogP contribution in [-0.4, -0.2) is 9.75 Å². The molecule has 4 heteroatoms. The van der Waals surface area contributed by atoms with Gasteiger partial charge in [0.1, 0.15) is 0 Å². The van der Waals surface area contributed by atoms with E-state index < -0.39 is 9.75 Å². The molecule has 0 aromatic heterocycles. The van der Waals surface area contributed by atoms with Crippen molar-refractivity contribution in [1.82, 2.24) is 0 Å². The summed E-state index contributed by atoms with van der Waals surface area (Å²) in [5.74, 6) is 1.81. The summed E-state index contributed by atoms with van der Waals surface area (Å²) in [5, 5.41) is 1.22. The zero-order chi connectivity index (χ0) is 12.0. The third-order valence-corrected chi connectivity index (χ3v) is 7.73. The number of fused-ring (bicyclic) bond motifs is 3. The van der Waals surface area contributed by atoms with Crippen LogP contribution >= 0.6 is 46.4 Å². The van der Waals surface area contributed by atoms with Crippen molar-refractivity contribution in [2.45, 2.75) is 29.0 Å². The molecule has 4 bridgehead atoms. The summed E-state index contributed by atoms with van der Waals surface area (Å²) in [7, 11) is 0. The van der Waals surface area contributed by atoms with Crippen molar-refractivity contribution in [3.05, 3.63) is 22.2 Å². The molecule has 2 saturated carbocycles. The summed E-state index contributed by atoms with van der Waals surface area (Å²) < 4.78 is 0. The molecule has 0 nitrogen and oxygen atoms in total. The van der Waals surface area contributed by atoms with Gasteiger partial charge >= 0.3 is 0 Å². The lowest BCUT2D eigenvalue weighted by molar-refractivity contribution is 0.122. The fraction of sp³-hybridized carbons (Fsp3) is 0.692. The molecule has 0 radical (unpaired) electrons. The zero-order valence-electron chi connectivity index (χ0n) is 9.10. The Balaban J connectivity index is 1.94. The van der Waals surface area contributed by atoms with Crippen LogP contribution in [0.3, 0.4) is 0 Å². The average Bonchev–Trinajstić information content (AvgIpc) is 2.70. The Morgan fingerprint density at radius 3 is 1.65 bits per heavy atom. The summed E-state index contributed by atoms with van der Waals surface area (Å²) in [6, 6.07) is 0. The first-order valence-electron chi connectivity index (χ1n) is 6.11. The van der Waals surface area contributed by atoms with Crippen LogP contribution in [0.4, 0.5) is 0 Å². The van der Waals surface area contributed by atoms with E-state index in [2.05, 4.69) is 12.2 Å². The molecule has 0 heterocycles. The predicted octanol–water partition coefficient (Wildman–Crippen LogP) is 4.88. The maximum Gasteiger partial charge on any atom is 0.0870 e. The molecule has 5 aliphatic rings. The summed E-state index contributed by atoms with van der Waals surface area (Å²) in [5.41, 5.74) is 0. The second-order valence-corrected chi connectivity index (χ2v) is 7.98. The van der Waals surface area contributed by atoms with Gasteiger partial charge in [-0.3, -0.25) is 0 Å². The molecule has 0 N–H and O–H groups in total. The van der Waals surface area contributed by atoms with E-state index in [0.717, 1.165) is 0 Å². The van der Waals surface area contributed by atoms with Crippen molar-refractivity contribution >= 4 is 46.4 Å². The number of hydrogen-bond acceptors (Lipinski definition) is 0. The van der Waals surface area contributed by atoms with Crippen LogP contribution in [0, 0.1) is 23.7 Å². The van der Waals surface area contributed by atoms with Crippen LogP contribution in [0.25, 0.3) is 0 Å². The van der Waals surface area contributed by atoms with Crippen LogP contribution in [0.15, 0.2) is 22.2 Å². The van der Waals surface area contributed by atoms with E-state index in [1.165, 1.54) is 12.8 Å². The van der Waals surface area contributed by atoms with E-state index in [1.54, 1.807) is 0 Å². The molecule has 0 unspecified atom stereocenters. The molecule has 0 aromatic rings. The molecule has 0 amide bonds. The van der Waals surface area contributed by atoms with Crippen LogP contribution in [0.2, 0.25) is 0 Å². The van der Waals surface area contributed by atoms with Gasteiger partial charge < -0.3 is 0 Å². The minimum atomic E-state index is -0.501. The Morgan fingerprint density at radius 1 is 0.882 bits per heavy atom. The van der Waals surface area contributed by atoms with Gasteiger partial charge in [-0.2, -0.15) is 0 Å². The van der Waals surface area contributed by atoms with E-state index in [-0.39, 0.29) is 0 Å². The minimum Gasteiger partial charge on any atom is -0.113 e. The number of halogens is 4. The molecule has 92 valence electrons. The van der Waals surface area contributed by atoms with Gasteiger partial charge in [-0.05, 0) is 42.9 Å². The molecule has 6 atom stereocenters. The van der Waals surface area contributed by atoms with E-state index in [4.69, 9.17) is 46.4 Å². The Kier molecular flexibility index (Phi) is 2.16. The SMILES string of the molecule is ClC1=C(Cl)[C@@]2(Cl)C[C@]1(Cl)[C@@H]1[C@H]2[C@@H]2C=C[C@H]1CC2. The molecule has 2 fully saturated rings. The predicted molar refractivity (Wildman–Crippen MR) is 72.9 cm³/mol. The number of allylic oxidation sites excluding steroid dienone is 4. The fourth-order valence-corrected chi connectivity index (χ4v) is 6.76.